The van der Waals surface area contributed by atoms with Crippen LogP contribution in [0, 0.1) is 0 Å². The van der Waals surface area contributed by atoms with E-state index in [1.54, 1.807) is 0 Å². The average Bonchev–Trinajstić information content (AvgIpc) is 1.51. The Labute approximate surface area is 651 Å². The summed E-state index contributed by atoms with van der Waals surface area (Å²) in [6.45, 7) is 0. The molecular formula is C106H64N4OS. The molecular weight excluding hydrogens is 1380 g/mol. The van der Waals surface area contributed by atoms with Crippen molar-refractivity contribution in [1.82, 2.24) is 19.9 Å². The van der Waals surface area contributed by atoms with Gasteiger partial charge in [0.15, 0.2) is 11.6 Å². The summed E-state index contributed by atoms with van der Waals surface area (Å²) in [5.41, 5.74) is 36.3. The number of aromatic nitrogens is 4. The SMILES string of the molecule is c1ccc(-c2cc(-c3ccccc3)nc(-c3ccc(-c4ccc5c(c4)C4(c6ccccc6-c6ccccc64)c4ccccc4-5)c4c3oc3ccccc34)n2)cc1.c1ccc(-c2cc(-c3ccccc3)nc(-c3ccc(-c4ccc5c(c4)C4(c6ccccc6-c6ccccc64)c4ccccc4-5)c4c3sc3ccccc34)n2)cc1. The highest BCUT2D eigenvalue weighted by Crippen LogP contribution is 2.65. The van der Waals surface area contributed by atoms with Crippen LogP contribution in [0.4, 0.5) is 0 Å². The van der Waals surface area contributed by atoms with E-state index in [0.717, 1.165) is 95.0 Å². The number of thiophene rings is 1. The molecule has 0 unspecified atom stereocenters. The lowest BCUT2D eigenvalue weighted by atomic mass is 9.70. The number of rotatable bonds is 8. The summed E-state index contributed by atoms with van der Waals surface area (Å²) < 4.78 is 9.29. The van der Waals surface area contributed by atoms with Crippen molar-refractivity contribution < 1.29 is 4.42 Å². The Morgan fingerprint density at radius 3 is 0.929 bits per heavy atom. The van der Waals surface area contributed by atoms with E-state index >= 15 is 0 Å². The summed E-state index contributed by atoms with van der Waals surface area (Å²) >= 11 is 1.83. The molecule has 0 fully saturated rings. The van der Waals surface area contributed by atoms with E-state index in [2.05, 4.69) is 334 Å². The minimum absolute atomic E-state index is 0.398. The van der Waals surface area contributed by atoms with Gasteiger partial charge in [0.05, 0.1) is 39.2 Å². The fourth-order valence-electron chi connectivity index (χ4n) is 19.2. The van der Waals surface area contributed by atoms with Crippen LogP contribution in [0.15, 0.2) is 393 Å². The van der Waals surface area contributed by atoms with Gasteiger partial charge in [0.1, 0.15) is 11.2 Å². The van der Waals surface area contributed by atoms with Crippen LogP contribution in [0.1, 0.15) is 44.5 Å². The van der Waals surface area contributed by atoms with Gasteiger partial charge in [0.2, 0.25) is 0 Å². The predicted octanol–water partition coefficient (Wildman–Crippen LogP) is 27.2. The smallest absolute Gasteiger partial charge is 0.164 e. The van der Waals surface area contributed by atoms with Gasteiger partial charge >= 0.3 is 0 Å². The molecule has 4 aliphatic rings. The molecule has 4 aliphatic carbocycles. The van der Waals surface area contributed by atoms with E-state index in [9.17, 15) is 0 Å². The van der Waals surface area contributed by atoms with Crippen LogP contribution in [0.2, 0.25) is 0 Å². The van der Waals surface area contributed by atoms with Crippen molar-refractivity contribution in [2.24, 2.45) is 0 Å². The Morgan fingerprint density at radius 1 is 0.214 bits per heavy atom. The predicted molar refractivity (Wildman–Crippen MR) is 460 cm³/mol. The van der Waals surface area contributed by atoms with E-state index < -0.39 is 10.8 Å². The molecule has 0 saturated carbocycles. The first kappa shape index (κ1) is 63.8. The van der Waals surface area contributed by atoms with Gasteiger partial charge in [-0.1, -0.05) is 340 Å². The molecule has 520 valence electrons. The highest BCUT2D eigenvalue weighted by atomic mass is 32.1. The molecule has 24 rings (SSSR count). The molecule has 0 bridgehead atoms. The van der Waals surface area contributed by atoms with Crippen LogP contribution in [0.5, 0.6) is 0 Å². The molecule has 4 heterocycles. The van der Waals surface area contributed by atoms with E-state index in [-0.39, 0.29) is 0 Å². The summed E-state index contributed by atoms with van der Waals surface area (Å²) in [4.78, 5) is 21.0. The van der Waals surface area contributed by atoms with Gasteiger partial charge in [-0.2, -0.15) is 0 Å². The van der Waals surface area contributed by atoms with Crippen LogP contribution in [-0.2, 0) is 10.8 Å². The van der Waals surface area contributed by atoms with Gasteiger partial charge < -0.3 is 4.42 Å². The molecule has 0 amide bonds. The summed E-state index contributed by atoms with van der Waals surface area (Å²) in [6.07, 6.45) is 0. The number of hydrogen-bond donors (Lipinski definition) is 0. The van der Waals surface area contributed by atoms with Crippen LogP contribution >= 0.6 is 11.3 Å². The molecule has 112 heavy (non-hydrogen) atoms. The summed E-state index contributed by atoms with van der Waals surface area (Å²) in [5.74, 6) is 1.36. The second kappa shape index (κ2) is 25.1. The second-order valence-corrected chi connectivity index (χ2v) is 30.7. The molecule has 0 radical (unpaired) electrons. The van der Waals surface area contributed by atoms with Crippen LogP contribution < -0.4 is 0 Å². The van der Waals surface area contributed by atoms with Gasteiger partial charge in [-0.25, -0.2) is 19.9 Å². The van der Waals surface area contributed by atoms with Gasteiger partial charge in [0, 0.05) is 58.8 Å². The third kappa shape index (κ3) is 9.43. The Hall–Kier alpha value is -14.3. The maximum Gasteiger partial charge on any atom is 0.164 e. The maximum absolute atomic E-state index is 6.84. The Bertz CT molecular complexity index is 6590. The first-order valence-corrected chi connectivity index (χ1v) is 39.1. The topological polar surface area (TPSA) is 64.7 Å². The first-order chi connectivity index (χ1) is 55.5. The molecule has 16 aromatic carbocycles. The number of benzene rings is 16. The number of fused-ring (bicyclic) bond motifs is 26. The van der Waals surface area contributed by atoms with Crippen molar-refractivity contribution in [3.05, 3.63) is 433 Å². The highest BCUT2D eigenvalue weighted by molar-refractivity contribution is 7.26. The molecule has 0 saturated heterocycles. The first-order valence-electron chi connectivity index (χ1n) is 38.3. The number of furan rings is 1. The number of para-hydroxylation sites is 1. The average molecular weight is 1440 g/mol. The van der Waals surface area contributed by atoms with Crippen molar-refractivity contribution in [1.29, 1.82) is 0 Å². The van der Waals surface area contributed by atoms with Crippen molar-refractivity contribution in [3.63, 3.8) is 0 Å². The minimum atomic E-state index is -0.424. The lowest BCUT2D eigenvalue weighted by Crippen LogP contribution is -2.25. The van der Waals surface area contributed by atoms with Gasteiger partial charge in [0.25, 0.3) is 0 Å². The molecule has 4 aromatic heterocycles. The molecule has 0 atom stereocenters. The molecule has 20 aromatic rings. The number of nitrogens with zero attached hydrogens (tertiary/aromatic N) is 4. The number of hydrogen-bond acceptors (Lipinski definition) is 6. The van der Waals surface area contributed by atoms with Gasteiger partial charge in [-0.05, 0) is 160 Å². The highest BCUT2D eigenvalue weighted by Gasteiger charge is 2.53. The van der Waals surface area contributed by atoms with E-state index in [0.29, 0.717) is 5.82 Å². The van der Waals surface area contributed by atoms with E-state index in [4.69, 9.17) is 24.4 Å². The molecule has 5 nitrogen and oxygen atoms in total. The zero-order chi connectivity index (χ0) is 73.6. The monoisotopic (exact) mass is 1440 g/mol. The molecule has 0 aliphatic heterocycles. The van der Waals surface area contributed by atoms with Crippen LogP contribution in [0.25, 0.3) is 177 Å². The Balaban J connectivity index is 0.000000134. The normalized spacial score (nSPS) is 13.1. The Morgan fingerprint density at radius 2 is 0.518 bits per heavy atom. The zero-order valence-electron chi connectivity index (χ0n) is 60.6. The quantitative estimate of drug-likeness (QED) is 0.152. The third-order valence-electron chi connectivity index (χ3n) is 23.9. The molecule has 2 spiro atoms. The van der Waals surface area contributed by atoms with Gasteiger partial charge in [-0.15, -0.1) is 11.3 Å². The van der Waals surface area contributed by atoms with E-state index in [1.165, 1.54) is 120 Å². The maximum atomic E-state index is 6.84. The lowest BCUT2D eigenvalue weighted by Gasteiger charge is -2.30. The lowest BCUT2D eigenvalue weighted by molar-refractivity contribution is 0.669. The standard InChI is InChI=1S/C53H32N2O.C53H32N2S/c2*1-3-15-33(16-4-1)47-32-48(34-17-5-2-6-18-34)55-52(54-47)42-30-29-36(50-41-22-10-14-26-49(41)56-51(42)50)35-27-28-40-39-21-9-13-25-45(39)53(46(40)31-35)43-23-11-7-19-37(43)38-20-8-12-24-44(38)53/h2*1-32H. The third-order valence-corrected chi connectivity index (χ3v) is 25.1. The zero-order valence-corrected chi connectivity index (χ0v) is 61.4. The summed E-state index contributed by atoms with van der Waals surface area (Å²) in [5, 5.41) is 4.62. The largest absolute Gasteiger partial charge is 0.455 e. The molecule has 0 N–H and O–H groups in total. The van der Waals surface area contributed by atoms with Crippen LogP contribution in [-0.4, -0.2) is 19.9 Å². The van der Waals surface area contributed by atoms with Crippen molar-refractivity contribution in [2.45, 2.75) is 10.8 Å². The van der Waals surface area contributed by atoms with E-state index in [1.807, 2.05) is 65.9 Å². The van der Waals surface area contributed by atoms with Crippen molar-refractivity contribution in [2.75, 3.05) is 0 Å². The van der Waals surface area contributed by atoms with Gasteiger partial charge in [-0.3, -0.25) is 0 Å². The molecule has 6 heteroatoms. The van der Waals surface area contributed by atoms with Crippen LogP contribution in [0.3, 0.4) is 0 Å². The van der Waals surface area contributed by atoms with Crippen molar-refractivity contribution in [3.8, 4) is 135 Å². The Kier molecular flexibility index (Phi) is 14.3. The fourth-order valence-corrected chi connectivity index (χ4v) is 20.4. The summed E-state index contributed by atoms with van der Waals surface area (Å²) in [6, 6.07) is 140. The summed E-state index contributed by atoms with van der Waals surface area (Å²) in [7, 11) is 0. The minimum Gasteiger partial charge on any atom is -0.455 e. The fraction of sp³-hybridized carbons (Fsp3) is 0.0189. The second-order valence-electron chi connectivity index (χ2n) is 29.6. The van der Waals surface area contributed by atoms with Crippen molar-refractivity contribution >= 4 is 53.4 Å².